The smallest absolute Gasteiger partial charge is 0.291 e. The fourth-order valence-electron chi connectivity index (χ4n) is 9.52. The molecule has 16 nitrogen and oxygen atoms in total. The van der Waals surface area contributed by atoms with Crippen LogP contribution >= 0.6 is 11.8 Å². The molecule has 4 saturated heterocycles. The van der Waals surface area contributed by atoms with Crippen molar-refractivity contribution in [3.8, 4) is 22.3 Å². The molecule has 0 aromatic heterocycles. The van der Waals surface area contributed by atoms with E-state index in [-0.39, 0.29) is 55.9 Å². The lowest BCUT2D eigenvalue weighted by Crippen LogP contribution is -2.49. The maximum atomic E-state index is 13.6. The normalized spacial score (nSPS) is 16.7. The van der Waals surface area contributed by atoms with Crippen molar-refractivity contribution in [2.45, 2.75) is 49.3 Å². The molecular weight excluding hydrogens is 873 g/mol. The van der Waals surface area contributed by atoms with Crippen LogP contribution in [0.1, 0.15) is 50.7 Å². The van der Waals surface area contributed by atoms with Gasteiger partial charge in [-0.2, -0.15) is 0 Å². The van der Waals surface area contributed by atoms with Crippen LogP contribution in [0.3, 0.4) is 0 Å². The highest BCUT2D eigenvalue weighted by atomic mass is 32.2. The summed E-state index contributed by atoms with van der Waals surface area (Å²) in [6, 6.07) is 21.6. The number of carbonyl (C=O) groups is 4. The molecule has 0 atom stereocenters. The van der Waals surface area contributed by atoms with Crippen LogP contribution < -0.4 is 9.80 Å². The number of nitro benzene ring substituents is 2. The summed E-state index contributed by atoms with van der Waals surface area (Å²) in [6.07, 6.45) is 9.88. The van der Waals surface area contributed by atoms with Gasteiger partial charge in [-0.15, -0.1) is 0 Å². The zero-order valence-electron chi connectivity index (χ0n) is 37.8. The third kappa shape index (κ3) is 10.2. The molecule has 8 rings (SSSR count). The monoisotopic (exact) mass is 926 g/mol. The molecule has 4 aromatic carbocycles. The molecule has 0 N–H and O–H groups in total. The summed E-state index contributed by atoms with van der Waals surface area (Å²) in [6.45, 7) is 9.16. The van der Waals surface area contributed by atoms with E-state index in [9.17, 15) is 39.4 Å². The average Bonchev–Trinajstić information content (AvgIpc) is 4.09. The molecule has 0 saturated carbocycles. The Morgan fingerprint density at radius 3 is 1.18 bits per heavy atom. The van der Waals surface area contributed by atoms with Crippen LogP contribution in [0, 0.1) is 20.2 Å². The zero-order valence-corrected chi connectivity index (χ0v) is 38.6. The Bertz CT molecular complexity index is 2460. The number of piperazine rings is 2. The largest absolute Gasteiger partial charge is 0.371 e. The van der Waals surface area contributed by atoms with E-state index in [0.717, 1.165) is 75.0 Å². The van der Waals surface area contributed by atoms with Crippen LogP contribution in [-0.4, -0.2) is 132 Å². The first-order valence-electron chi connectivity index (χ1n) is 22.8. The Kier molecular flexibility index (Phi) is 14.3. The van der Waals surface area contributed by atoms with E-state index in [0.29, 0.717) is 74.6 Å². The summed E-state index contributed by atoms with van der Waals surface area (Å²) in [5, 5.41) is 27.2. The first-order chi connectivity index (χ1) is 32.4. The number of hydrogen-bond donors (Lipinski definition) is 0. The highest BCUT2D eigenvalue weighted by Gasteiger charge is 2.33. The van der Waals surface area contributed by atoms with E-state index in [1.54, 1.807) is 56.0 Å². The van der Waals surface area contributed by atoms with Gasteiger partial charge in [-0.05, 0) is 73.2 Å². The van der Waals surface area contributed by atoms with E-state index < -0.39 is 9.85 Å². The first kappa shape index (κ1) is 46.5. The van der Waals surface area contributed by atoms with Crippen molar-refractivity contribution in [2.24, 2.45) is 0 Å². The number of amides is 4. The van der Waals surface area contributed by atoms with Gasteiger partial charge >= 0.3 is 0 Å². The standard InChI is InChI=1S/C50H54N8O8S/c1-35(59)51-27-31-55(32-28-51)45(61)21-17-37-15-19-43(49(57(63)64)47(37)39-11-3-5-13-41(39)53-23-7-8-24-53)67-44-20-16-38(18-22-46(62)56-33-29-52(30-34-56)36(2)60)48(50(44)58(65)66)40-12-4-6-14-42(40)54-25-9-10-26-54/h3-6,11-22H,7-10,23-34H2,1-2H3/b21-17+,22-18+. The van der Waals surface area contributed by atoms with Crippen LogP contribution in [0.15, 0.2) is 94.7 Å². The summed E-state index contributed by atoms with van der Waals surface area (Å²) in [5.41, 5.74) is 3.74. The molecule has 67 heavy (non-hydrogen) atoms. The van der Waals surface area contributed by atoms with Crippen molar-refractivity contribution in [2.75, 3.05) is 88.3 Å². The lowest BCUT2D eigenvalue weighted by atomic mass is 9.95. The summed E-state index contributed by atoms with van der Waals surface area (Å²) in [5.74, 6) is -0.681. The van der Waals surface area contributed by atoms with Gasteiger partial charge in [0.1, 0.15) is 0 Å². The van der Waals surface area contributed by atoms with Crippen molar-refractivity contribution in [3.63, 3.8) is 0 Å². The van der Waals surface area contributed by atoms with Gasteiger partial charge in [0.25, 0.3) is 11.4 Å². The van der Waals surface area contributed by atoms with E-state index >= 15 is 0 Å². The SMILES string of the molecule is CC(=O)N1CCN(C(=O)/C=C/c2ccc(Sc3ccc(/C=C/C(=O)N4CCN(C(C)=O)CC4)c(-c4ccccc4N4CCCC4)c3[N+](=O)[O-])c([N+](=O)[O-])c2-c2ccccc2N2CCCC2)CC1. The second-order valence-corrected chi connectivity index (χ2v) is 18.2. The lowest BCUT2D eigenvalue weighted by Gasteiger charge is -2.33. The molecule has 0 bridgehead atoms. The molecule has 0 unspecified atom stereocenters. The minimum Gasteiger partial charge on any atom is -0.371 e. The van der Waals surface area contributed by atoms with Crippen molar-refractivity contribution < 1.29 is 29.0 Å². The third-order valence-corrected chi connectivity index (χ3v) is 14.2. The molecule has 348 valence electrons. The fourth-order valence-corrected chi connectivity index (χ4v) is 10.6. The van der Waals surface area contributed by atoms with Gasteiger partial charge in [-0.25, -0.2) is 0 Å². The highest BCUT2D eigenvalue weighted by Crippen LogP contribution is 2.51. The van der Waals surface area contributed by atoms with Gasteiger partial charge in [0.2, 0.25) is 23.6 Å². The molecule has 4 amide bonds. The predicted octanol–water partition coefficient (Wildman–Crippen LogP) is 7.60. The number of nitrogens with zero attached hydrogens (tertiary/aromatic N) is 8. The first-order valence-corrected chi connectivity index (χ1v) is 23.7. The summed E-state index contributed by atoms with van der Waals surface area (Å²) in [7, 11) is 0. The molecule has 4 aromatic rings. The maximum absolute atomic E-state index is 13.6. The quantitative estimate of drug-likeness (QED) is 0.0778. The zero-order chi connectivity index (χ0) is 47.2. The summed E-state index contributed by atoms with van der Waals surface area (Å²) >= 11 is 0.935. The Labute approximate surface area is 393 Å². The highest BCUT2D eigenvalue weighted by molar-refractivity contribution is 7.99. The number of carbonyl (C=O) groups excluding carboxylic acids is 4. The van der Waals surface area contributed by atoms with Crippen LogP contribution in [0.25, 0.3) is 34.4 Å². The van der Waals surface area contributed by atoms with E-state index in [4.69, 9.17) is 0 Å². The molecule has 0 radical (unpaired) electrons. The minimum atomic E-state index is -0.451. The number of anilines is 2. The molecule has 4 aliphatic heterocycles. The van der Waals surface area contributed by atoms with Gasteiger partial charge in [0.15, 0.2) is 0 Å². The van der Waals surface area contributed by atoms with Crippen molar-refractivity contribution in [1.82, 2.24) is 19.6 Å². The van der Waals surface area contributed by atoms with Crippen LogP contribution in [0.4, 0.5) is 22.7 Å². The molecule has 17 heteroatoms. The van der Waals surface area contributed by atoms with Gasteiger partial charge in [-0.1, -0.05) is 60.3 Å². The van der Waals surface area contributed by atoms with Gasteiger partial charge in [0.05, 0.1) is 30.8 Å². The predicted molar refractivity (Wildman–Crippen MR) is 260 cm³/mol. The lowest BCUT2D eigenvalue weighted by molar-refractivity contribution is -0.387. The van der Waals surface area contributed by atoms with Gasteiger partial charge in [0, 0.05) is 127 Å². The maximum Gasteiger partial charge on any atom is 0.291 e. The van der Waals surface area contributed by atoms with Crippen molar-refractivity contribution in [3.05, 3.63) is 116 Å². The number of hydrogen-bond acceptors (Lipinski definition) is 11. The molecular formula is C50H54N8O8S. The minimum absolute atomic E-state index is 0.0554. The molecule has 4 aliphatic rings. The Hall–Kier alpha value is -7.01. The molecule has 4 fully saturated rings. The van der Waals surface area contributed by atoms with Gasteiger partial charge in [-0.3, -0.25) is 39.4 Å². The van der Waals surface area contributed by atoms with Crippen LogP contribution in [0.2, 0.25) is 0 Å². The van der Waals surface area contributed by atoms with E-state index in [2.05, 4.69) is 9.80 Å². The van der Waals surface area contributed by atoms with Crippen molar-refractivity contribution in [1.29, 1.82) is 0 Å². The third-order valence-electron chi connectivity index (χ3n) is 13.1. The fraction of sp³-hybridized carbons (Fsp3) is 0.360. The average molecular weight is 927 g/mol. The summed E-state index contributed by atoms with van der Waals surface area (Å²) in [4.78, 5) is 88.7. The van der Waals surface area contributed by atoms with Gasteiger partial charge < -0.3 is 29.4 Å². The number of benzene rings is 4. The van der Waals surface area contributed by atoms with Crippen LogP contribution in [-0.2, 0) is 19.2 Å². The van der Waals surface area contributed by atoms with Crippen LogP contribution in [0.5, 0.6) is 0 Å². The van der Waals surface area contributed by atoms with E-state index in [1.807, 2.05) is 48.5 Å². The topological polar surface area (TPSA) is 174 Å². The van der Waals surface area contributed by atoms with Crippen molar-refractivity contribution >= 4 is 70.3 Å². The summed E-state index contributed by atoms with van der Waals surface area (Å²) < 4.78 is 0. The second kappa shape index (κ2) is 20.7. The Morgan fingerprint density at radius 2 is 0.836 bits per heavy atom. The molecule has 4 heterocycles. The number of para-hydroxylation sites is 2. The Morgan fingerprint density at radius 1 is 0.493 bits per heavy atom. The Balaban J connectivity index is 1.24. The van der Waals surface area contributed by atoms with E-state index in [1.165, 1.54) is 26.0 Å². The second-order valence-electron chi connectivity index (χ2n) is 17.1. The molecule has 0 spiro atoms. The molecule has 0 aliphatic carbocycles. The number of rotatable bonds is 12. The number of nitro groups is 2.